The fourth-order valence-electron chi connectivity index (χ4n) is 3.57. The molecule has 1 aliphatic heterocycles. The van der Waals surface area contributed by atoms with Crippen LogP contribution in [0.5, 0.6) is 0 Å². The lowest BCUT2D eigenvalue weighted by atomic mass is 9.86. The topological polar surface area (TPSA) is 15.3 Å². The van der Waals surface area contributed by atoms with Gasteiger partial charge < -0.3 is 10.2 Å². The maximum absolute atomic E-state index is 3.81. The molecule has 0 bridgehead atoms. The lowest BCUT2D eigenvalue weighted by Crippen LogP contribution is -2.41. The molecule has 106 valence electrons. The summed E-state index contributed by atoms with van der Waals surface area (Å²) in [6.07, 6.45) is 9.95. The highest BCUT2D eigenvalue weighted by molar-refractivity contribution is 4.78. The Hall–Kier alpha value is -0.0800. The van der Waals surface area contributed by atoms with Gasteiger partial charge in [-0.05, 0) is 57.0 Å². The Morgan fingerprint density at radius 2 is 1.78 bits per heavy atom. The fourth-order valence-corrected chi connectivity index (χ4v) is 3.57. The SMILES string of the molecule is CC1CCCN(CCNC2CCCCC2C)CC1. The zero-order valence-electron chi connectivity index (χ0n) is 12.5. The van der Waals surface area contributed by atoms with E-state index in [4.69, 9.17) is 0 Å². The second-order valence-corrected chi connectivity index (χ2v) is 6.70. The second-order valence-electron chi connectivity index (χ2n) is 6.70. The minimum atomic E-state index is 0.796. The van der Waals surface area contributed by atoms with Crippen molar-refractivity contribution in [2.24, 2.45) is 11.8 Å². The van der Waals surface area contributed by atoms with Crippen molar-refractivity contribution in [2.75, 3.05) is 26.2 Å². The maximum atomic E-state index is 3.81. The predicted octanol–water partition coefficient (Wildman–Crippen LogP) is 3.28. The highest BCUT2D eigenvalue weighted by Crippen LogP contribution is 2.23. The molecule has 0 amide bonds. The normalized spacial score (nSPS) is 35.3. The van der Waals surface area contributed by atoms with Crippen LogP contribution in [0.3, 0.4) is 0 Å². The minimum Gasteiger partial charge on any atom is -0.312 e. The molecule has 3 atom stereocenters. The summed E-state index contributed by atoms with van der Waals surface area (Å²) < 4.78 is 0. The first kappa shape index (κ1) is 14.3. The van der Waals surface area contributed by atoms with Gasteiger partial charge in [0.15, 0.2) is 0 Å². The van der Waals surface area contributed by atoms with Gasteiger partial charge in [0.2, 0.25) is 0 Å². The Bertz CT molecular complexity index is 229. The zero-order valence-corrected chi connectivity index (χ0v) is 12.5. The van der Waals surface area contributed by atoms with Crippen LogP contribution in [0.4, 0.5) is 0 Å². The number of nitrogens with one attached hydrogen (secondary N) is 1. The van der Waals surface area contributed by atoms with Gasteiger partial charge in [-0.1, -0.05) is 26.7 Å². The van der Waals surface area contributed by atoms with E-state index < -0.39 is 0 Å². The van der Waals surface area contributed by atoms with Crippen molar-refractivity contribution in [3.05, 3.63) is 0 Å². The summed E-state index contributed by atoms with van der Waals surface area (Å²) in [7, 11) is 0. The van der Waals surface area contributed by atoms with Crippen LogP contribution in [0.2, 0.25) is 0 Å². The molecule has 1 saturated carbocycles. The first-order valence-electron chi connectivity index (χ1n) is 8.21. The van der Waals surface area contributed by atoms with E-state index in [1.807, 2.05) is 0 Å². The maximum Gasteiger partial charge on any atom is 0.0107 e. The van der Waals surface area contributed by atoms with Gasteiger partial charge in [0.25, 0.3) is 0 Å². The van der Waals surface area contributed by atoms with Crippen LogP contribution in [-0.2, 0) is 0 Å². The van der Waals surface area contributed by atoms with Gasteiger partial charge in [-0.2, -0.15) is 0 Å². The van der Waals surface area contributed by atoms with Crippen LogP contribution in [0.15, 0.2) is 0 Å². The highest BCUT2D eigenvalue weighted by atomic mass is 15.1. The van der Waals surface area contributed by atoms with E-state index in [0.29, 0.717) is 0 Å². The average molecular weight is 252 g/mol. The van der Waals surface area contributed by atoms with Gasteiger partial charge in [0, 0.05) is 19.1 Å². The molecule has 0 aromatic carbocycles. The molecule has 2 nitrogen and oxygen atoms in total. The van der Waals surface area contributed by atoms with Crippen LogP contribution in [0.25, 0.3) is 0 Å². The van der Waals surface area contributed by atoms with E-state index in [1.165, 1.54) is 71.1 Å². The van der Waals surface area contributed by atoms with Crippen molar-refractivity contribution in [3.63, 3.8) is 0 Å². The molecule has 2 fully saturated rings. The first-order valence-corrected chi connectivity index (χ1v) is 8.21. The molecule has 1 saturated heterocycles. The molecule has 0 radical (unpaired) electrons. The molecular weight excluding hydrogens is 220 g/mol. The molecule has 3 unspecified atom stereocenters. The van der Waals surface area contributed by atoms with Crippen LogP contribution in [0, 0.1) is 11.8 Å². The summed E-state index contributed by atoms with van der Waals surface area (Å²) in [5.74, 6) is 1.84. The van der Waals surface area contributed by atoms with Crippen molar-refractivity contribution in [1.82, 2.24) is 10.2 Å². The lowest BCUT2D eigenvalue weighted by molar-refractivity contribution is 0.244. The van der Waals surface area contributed by atoms with E-state index in [9.17, 15) is 0 Å². The van der Waals surface area contributed by atoms with Crippen LogP contribution in [0.1, 0.15) is 58.8 Å². The number of hydrogen-bond acceptors (Lipinski definition) is 2. The van der Waals surface area contributed by atoms with E-state index in [-0.39, 0.29) is 0 Å². The molecule has 1 N–H and O–H groups in total. The molecule has 0 aromatic heterocycles. The third-order valence-electron chi connectivity index (χ3n) is 5.06. The van der Waals surface area contributed by atoms with E-state index in [2.05, 4.69) is 24.1 Å². The molecule has 1 aliphatic carbocycles. The van der Waals surface area contributed by atoms with Crippen LogP contribution in [-0.4, -0.2) is 37.1 Å². The third-order valence-corrected chi connectivity index (χ3v) is 5.06. The lowest BCUT2D eigenvalue weighted by Gasteiger charge is -2.30. The second kappa shape index (κ2) is 7.49. The monoisotopic (exact) mass is 252 g/mol. The molecule has 18 heavy (non-hydrogen) atoms. The van der Waals surface area contributed by atoms with E-state index in [1.54, 1.807) is 0 Å². The van der Waals surface area contributed by atoms with Gasteiger partial charge in [-0.25, -0.2) is 0 Å². The van der Waals surface area contributed by atoms with E-state index in [0.717, 1.165) is 17.9 Å². The van der Waals surface area contributed by atoms with E-state index >= 15 is 0 Å². The number of likely N-dealkylation sites (tertiary alicyclic amines) is 1. The smallest absolute Gasteiger partial charge is 0.0107 e. The fraction of sp³-hybridized carbons (Fsp3) is 1.00. The molecule has 0 spiro atoms. The summed E-state index contributed by atoms with van der Waals surface area (Å²) in [4.78, 5) is 2.67. The molecular formula is C16H32N2. The number of hydrogen-bond donors (Lipinski definition) is 1. The van der Waals surface area contributed by atoms with Crippen molar-refractivity contribution in [3.8, 4) is 0 Å². The third kappa shape index (κ3) is 4.55. The Labute approximate surface area is 114 Å². The molecule has 0 aromatic rings. The quantitative estimate of drug-likeness (QED) is 0.826. The highest BCUT2D eigenvalue weighted by Gasteiger charge is 2.20. The van der Waals surface area contributed by atoms with Crippen molar-refractivity contribution in [1.29, 1.82) is 0 Å². The first-order chi connectivity index (χ1) is 8.75. The average Bonchev–Trinajstić information content (AvgIpc) is 2.57. The molecule has 1 heterocycles. The molecule has 2 aliphatic rings. The standard InChI is InChI=1S/C16H32N2/c1-14-6-5-11-18(12-9-14)13-10-17-16-8-4-3-7-15(16)2/h14-17H,3-13H2,1-2H3. The Morgan fingerprint density at radius 3 is 2.61 bits per heavy atom. The van der Waals surface area contributed by atoms with Crippen LogP contribution >= 0.6 is 0 Å². The van der Waals surface area contributed by atoms with Crippen molar-refractivity contribution < 1.29 is 0 Å². The molecule has 2 rings (SSSR count). The van der Waals surface area contributed by atoms with Gasteiger partial charge in [0.05, 0.1) is 0 Å². The van der Waals surface area contributed by atoms with Crippen molar-refractivity contribution >= 4 is 0 Å². The summed E-state index contributed by atoms with van der Waals surface area (Å²) in [5, 5.41) is 3.81. The van der Waals surface area contributed by atoms with Crippen molar-refractivity contribution in [2.45, 2.75) is 64.8 Å². The van der Waals surface area contributed by atoms with Crippen LogP contribution < -0.4 is 5.32 Å². The predicted molar refractivity (Wildman–Crippen MR) is 78.9 cm³/mol. The molecule has 2 heteroatoms. The summed E-state index contributed by atoms with van der Waals surface area (Å²) in [5.41, 5.74) is 0. The summed E-state index contributed by atoms with van der Waals surface area (Å²) >= 11 is 0. The zero-order chi connectivity index (χ0) is 12.8. The Morgan fingerprint density at radius 1 is 0.944 bits per heavy atom. The van der Waals surface area contributed by atoms with Gasteiger partial charge >= 0.3 is 0 Å². The van der Waals surface area contributed by atoms with Gasteiger partial charge in [-0.3, -0.25) is 0 Å². The minimum absolute atomic E-state index is 0.796. The Kier molecular flexibility index (Phi) is 5.97. The van der Waals surface area contributed by atoms with Gasteiger partial charge in [0.1, 0.15) is 0 Å². The number of nitrogens with zero attached hydrogens (tertiary/aromatic N) is 1. The summed E-state index contributed by atoms with van der Waals surface area (Å²) in [6.45, 7) is 9.94. The van der Waals surface area contributed by atoms with Gasteiger partial charge in [-0.15, -0.1) is 0 Å². The largest absolute Gasteiger partial charge is 0.312 e. The Balaban J connectivity index is 1.62. The summed E-state index contributed by atoms with van der Waals surface area (Å²) in [6, 6.07) is 0.796. The number of rotatable bonds is 4.